The molecular weight excluding hydrogens is 134 g/mol. The number of carbonyl (C=O) groups excluding carboxylic acids is 1. The Balaban J connectivity index is 3.86. The minimum atomic E-state index is -1.18. The normalized spacial score (nSPS) is 8.90. The van der Waals surface area contributed by atoms with Crippen LogP contribution in [0, 0.1) is 5.41 Å². The maximum atomic E-state index is 10.6. The summed E-state index contributed by atoms with van der Waals surface area (Å²) in [6.07, 6.45) is -0.265. The first-order chi connectivity index (χ1) is 4.57. The zero-order valence-electron chi connectivity index (χ0n) is 5.68. The molecule has 10 heavy (non-hydrogen) atoms. The second kappa shape index (κ2) is 3.76. The molecule has 0 saturated carbocycles. The lowest BCUT2D eigenvalue weighted by molar-refractivity contribution is -0.139. The predicted octanol–water partition coefficient (Wildman–Crippen LogP) is 0.460. The first-order valence-electron chi connectivity index (χ1n) is 2.90. The molecule has 0 radical (unpaired) electrons. The lowest BCUT2D eigenvalue weighted by Gasteiger charge is -1.93. The minimum absolute atomic E-state index is 0.123. The Kier molecular flexibility index (Phi) is 3.32. The van der Waals surface area contributed by atoms with Crippen LogP contribution in [-0.4, -0.2) is 22.6 Å². The quantitative estimate of drug-likeness (QED) is 0.443. The highest BCUT2D eigenvalue weighted by molar-refractivity contribution is 6.40. The van der Waals surface area contributed by atoms with Crippen LogP contribution in [0.25, 0.3) is 0 Å². The van der Waals surface area contributed by atoms with Gasteiger partial charge in [0.05, 0.1) is 5.71 Å². The Bertz CT molecular complexity index is 174. The minimum Gasteiger partial charge on any atom is -0.481 e. The monoisotopic (exact) mass is 143 g/mol. The van der Waals surface area contributed by atoms with Crippen molar-refractivity contribution < 1.29 is 14.7 Å². The van der Waals surface area contributed by atoms with E-state index in [4.69, 9.17) is 10.5 Å². The van der Waals surface area contributed by atoms with E-state index in [1.54, 1.807) is 6.92 Å². The van der Waals surface area contributed by atoms with E-state index in [0.717, 1.165) is 0 Å². The zero-order chi connectivity index (χ0) is 8.15. The molecule has 0 bridgehead atoms. The van der Waals surface area contributed by atoms with Gasteiger partial charge in [-0.25, -0.2) is 0 Å². The third-order valence-corrected chi connectivity index (χ3v) is 1.00. The van der Waals surface area contributed by atoms with E-state index in [0.29, 0.717) is 6.42 Å². The molecule has 0 aliphatic rings. The first-order valence-corrected chi connectivity index (χ1v) is 2.90. The smallest absolute Gasteiger partial charge is 0.311 e. The van der Waals surface area contributed by atoms with Crippen molar-refractivity contribution in [1.29, 1.82) is 5.41 Å². The Labute approximate surface area is 58.4 Å². The summed E-state index contributed by atoms with van der Waals surface area (Å²) in [4.78, 5) is 20.5. The van der Waals surface area contributed by atoms with Crippen molar-refractivity contribution in [2.24, 2.45) is 0 Å². The number of ketones is 1. The average molecular weight is 143 g/mol. The number of carboxylic acid groups (broad SMARTS) is 1. The van der Waals surface area contributed by atoms with Gasteiger partial charge in [0.25, 0.3) is 0 Å². The molecule has 0 aromatic carbocycles. The van der Waals surface area contributed by atoms with E-state index in [2.05, 4.69) is 0 Å². The number of hydrogen-bond donors (Lipinski definition) is 2. The zero-order valence-corrected chi connectivity index (χ0v) is 5.68. The van der Waals surface area contributed by atoms with Crippen LogP contribution in [0.2, 0.25) is 0 Å². The lowest BCUT2D eigenvalue weighted by atomic mass is 10.1. The topological polar surface area (TPSA) is 78.2 Å². The number of rotatable bonds is 4. The average Bonchev–Trinajstić information content (AvgIpc) is 1.85. The summed E-state index contributed by atoms with van der Waals surface area (Å²) >= 11 is 0. The summed E-state index contributed by atoms with van der Waals surface area (Å²) < 4.78 is 0. The van der Waals surface area contributed by atoms with Gasteiger partial charge in [0.1, 0.15) is 6.42 Å². The van der Waals surface area contributed by atoms with Crippen LogP contribution in [0.3, 0.4) is 0 Å². The van der Waals surface area contributed by atoms with Crippen LogP contribution in [0.4, 0.5) is 0 Å². The van der Waals surface area contributed by atoms with Crippen LogP contribution in [0.15, 0.2) is 0 Å². The maximum Gasteiger partial charge on any atom is 0.311 e. The van der Waals surface area contributed by atoms with Crippen molar-refractivity contribution in [2.45, 2.75) is 19.8 Å². The fraction of sp³-hybridized carbons (Fsp3) is 0.500. The van der Waals surface area contributed by atoms with Crippen LogP contribution in [0.1, 0.15) is 19.8 Å². The summed E-state index contributed by atoms with van der Waals surface area (Å²) in [6, 6.07) is 0. The fourth-order valence-corrected chi connectivity index (χ4v) is 0.441. The third kappa shape index (κ3) is 2.96. The molecule has 56 valence electrons. The molecule has 4 nitrogen and oxygen atoms in total. The molecule has 0 rings (SSSR count). The van der Waals surface area contributed by atoms with E-state index in [1.807, 2.05) is 0 Å². The van der Waals surface area contributed by atoms with Gasteiger partial charge in [-0.3, -0.25) is 9.59 Å². The van der Waals surface area contributed by atoms with Crippen molar-refractivity contribution in [3.63, 3.8) is 0 Å². The number of nitrogens with one attached hydrogen (secondary N) is 1. The molecular formula is C6H9NO3. The number of aliphatic carboxylic acids is 1. The summed E-state index contributed by atoms with van der Waals surface area (Å²) in [5, 5.41) is 15.0. The van der Waals surface area contributed by atoms with Gasteiger partial charge in [0.2, 0.25) is 0 Å². The number of carbonyl (C=O) groups is 2. The summed E-state index contributed by atoms with van der Waals surface area (Å²) in [7, 11) is 0. The second-order valence-corrected chi connectivity index (χ2v) is 1.83. The molecule has 0 aliphatic carbocycles. The van der Waals surface area contributed by atoms with E-state index in [9.17, 15) is 9.59 Å². The van der Waals surface area contributed by atoms with Crippen LogP contribution in [-0.2, 0) is 9.59 Å². The van der Waals surface area contributed by atoms with Crippen molar-refractivity contribution in [3.8, 4) is 0 Å². The maximum absolute atomic E-state index is 10.6. The van der Waals surface area contributed by atoms with Crippen LogP contribution < -0.4 is 0 Å². The lowest BCUT2D eigenvalue weighted by Crippen LogP contribution is -2.15. The summed E-state index contributed by atoms with van der Waals surface area (Å²) in [6.45, 7) is 1.64. The fourth-order valence-electron chi connectivity index (χ4n) is 0.441. The van der Waals surface area contributed by atoms with Gasteiger partial charge in [0.15, 0.2) is 5.78 Å². The Morgan fingerprint density at radius 3 is 2.30 bits per heavy atom. The highest BCUT2D eigenvalue weighted by atomic mass is 16.4. The Hall–Kier alpha value is -1.19. The van der Waals surface area contributed by atoms with Gasteiger partial charge < -0.3 is 10.5 Å². The molecule has 0 saturated heterocycles. The Morgan fingerprint density at radius 2 is 2.00 bits per heavy atom. The largest absolute Gasteiger partial charge is 0.481 e. The Morgan fingerprint density at radius 1 is 1.50 bits per heavy atom. The van der Waals surface area contributed by atoms with Gasteiger partial charge in [0, 0.05) is 0 Å². The van der Waals surface area contributed by atoms with Gasteiger partial charge in [-0.2, -0.15) is 0 Å². The van der Waals surface area contributed by atoms with Crippen molar-refractivity contribution >= 4 is 17.5 Å². The molecule has 4 heteroatoms. The molecule has 0 atom stereocenters. The van der Waals surface area contributed by atoms with Gasteiger partial charge in [-0.05, 0) is 6.42 Å². The molecule has 0 aliphatic heterocycles. The van der Waals surface area contributed by atoms with Crippen molar-refractivity contribution in [2.75, 3.05) is 0 Å². The summed E-state index contributed by atoms with van der Waals surface area (Å²) in [5.41, 5.74) is -0.123. The molecule has 0 aromatic rings. The highest BCUT2D eigenvalue weighted by Gasteiger charge is 2.10. The predicted molar refractivity (Wildman–Crippen MR) is 35.3 cm³/mol. The van der Waals surface area contributed by atoms with E-state index in [1.165, 1.54) is 0 Å². The molecule has 0 heterocycles. The molecule has 0 aromatic heterocycles. The van der Waals surface area contributed by atoms with Crippen molar-refractivity contribution in [3.05, 3.63) is 0 Å². The molecule has 2 N–H and O–H groups in total. The van der Waals surface area contributed by atoms with Gasteiger partial charge in [-0.1, -0.05) is 6.92 Å². The van der Waals surface area contributed by atoms with Crippen molar-refractivity contribution in [1.82, 2.24) is 0 Å². The number of Topliss-reactive ketones (excluding diaryl/α,β-unsaturated/α-hetero) is 1. The SMILES string of the molecule is CCC(=N)C(=O)CC(=O)O. The first kappa shape index (κ1) is 8.81. The third-order valence-electron chi connectivity index (χ3n) is 1.00. The molecule has 0 amide bonds. The van der Waals surface area contributed by atoms with Gasteiger partial charge in [-0.15, -0.1) is 0 Å². The van der Waals surface area contributed by atoms with E-state index >= 15 is 0 Å². The number of carboxylic acids is 1. The standard InChI is InChI=1S/C6H9NO3/c1-2-4(7)5(8)3-6(9)10/h7H,2-3H2,1H3,(H,9,10). The second-order valence-electron chi connectivity index (χ2n) is 1.83. The molecule has 0 spiro atoms. The molecule has 0 fully saturated rings. The van der Waals surface area contributed by atoms with Gasteiger partial charge >= 0.3 is 5.97 Å². The van der Waals surface area contributed by atoms with Crippen LogP contribution in [0.5, 0.6) is 0 Å². The van der Waals surface area contributed by atoms with E-state index in [-0.39, 0.29) is 5.71 Å². The summed E-state index contributed by atoms with van der Waals surface area (Å²) in [5.74, 6) is -1.78. The molecule has 0 unspecified atom stereocenters. The van der Waals surface area contributed by atoms with E-state index < -0.39 is 18.2 Å². The highest BCUT2D eigenvalue weighted by Crippen LogP contribution is 1.89. The van der Waals surface area contributed by atoms with Crippen LogP contribution >= 0.6 is 0 Å². The number of hydrogen-bond acceptors (Lipinski definition) is 3.